The first-order valence-corrected chi connectivity index (χ1v) is 15.0. The van der Waals surface area contributed by atoms with E-state index in [1.54, 1.807) is 6.07 Å². The number of halogens is 3. The van der Waals surface area contributed by atoms with Gasteiger partial charge in [0.2, 0.25) is 0 Å². The van der Waals surface area contributed by atoms with Crippen molar-refractivity contribution in [1.29, 1.82) is 0 Å². The maximum atomic E-state index is 12.6. The summed E-state index contributed by atoms with van der Waals surface area (Å²) in [5.41, 5.74) is 2.24. The number of aliphatic hydroxyl groups is 1. The largest absolute Gasteiger partial charge is 0.422 e. The summed E-state index contributed by atoms with van der Waals surface area (Å²) in [5, 5.41) is 11.9. The molecular formula is C30H34Cl3NO3S. The summed E-state index contributed by atoms with van der Waals surface area (Å²) < 4.78 is 5.57. The fourth-order valence-corrected chi connectivity index (χ4v) is 7.34. The first-order chi connectivity index (χ1) is 18.2. The van der Waals surface area contributed by atoms with Crippen LogP contribution in [-0.4, -0.2) is 41.6 Å². The van der Waals surface area contributed by atoms with Crippen LogP contribution in [0, 0.1) is 11.8 Å². The topological polar surface area (TPSA) is 49.8 Å². The molecule has 0 bridgehead atoms. The Balaban J connectivity index is 1.27. The van der Waals surface area contributed by atoms with Crippen molar-refractivity contribution < 1.29 is 14.6 Å². The summed E-state index contributed by atoms with van der Waals surface area (Å²) in [6.07, 6.45) is 4.62. The van der Waals surface area contributed by atoms with E-state index in [4.69, 9.17) is 39.5 Å². The van der Waals surface area contributed by atoms with Gasteiger partial charge in [-0.2, -0.15) is 0 Å². The second kappa shape index (κ2) is 13.6. The molecule has 0 unspecified atom stereocenters. The molecule has 2 aromatic carbocycles. The minimum Gasteiger partial charge on any atom is -0.422 e. The Labute approximate surface area is 244 Å². The number of aliphatic hydroxyl groups excluding tert-OH is 1. The van der Waals surface area contributed by atoms with Crippen LogP contribution in [0.2, 0.25) is 10.0 Å². The van der Waals surface area contributed by atoms with Gasteiger partial charge in [-0.3, -0.25) is 0 Å². The van der Waals surface area contributed by atoms with Gasteiger partial charge in [0.1, 0.15) is 10.6 Å². The quantitative estimate of drug-likeness (QED) is 0.139. The number of esters is 1. The summed E-state index contributed by atoms with van der Waals surface area (Å²) >= 11 is 20.5. The Morgan fingerprint density at radius 2 is 1.68 bits per heavy atom. The monoisotopic (exact) mass is 593 g/mol. The number of alkyl halides is 1. The fourth-order valence-electron chi connectivity index (χ4n) is 5.34. The van der Waals surface area contributed by atoms with E-state index in [9.17, 15) is 9.90 Å². The van der Waals surface area contributed by atoms with Gasteiger partial charge in [-0.05, 0) is 118 Å². The molecule has 0 aliphatic heterocycles. The van der Waals surface area contributed by atoms with E-state index in [1.807, 2.05) is 62.6 Å². The number of hydrogen-bond donors (Lipinski definition) is 1. The second-order valence-corrected chi connectivity index (χ2v) is 13.0. The van der Waals surface area contributed by atoms with E-state index in [-0.39, 0.29) is 23.2 Å². The summed E-state index contributed by atoms with van der Waals surface area (Å²) in [6, 6.07) is 17.1. The van der Waals surface area contributed by atoms with E-state index in [0.717, 1.165) is 49.1 Å². The van der Waals surface area contributed by atoms with Gasteiger partial charge in [-0.25, -0.2) is 4.79 Å². The van der Waals surface area contributed by atoms with Gasteiger partial charge in [0, 0.05) is 26.8 Å². The number of rotatable bonds is 11. The molecule has 1 aliphatic carbocycles. The average molecular weight is 595 g/mol. The second-order valence-electron chi connectivity index (χ2n) is 10.4. The van der Waals surface area contributed by atoms with Crippen molar-refractivity contribution in [2.45, 2.75) is 56.6 Å². The Morgan fingerprint density at radius 1 is 0.974 bits per heavy atom. The number of nitrogens with zero attached hydrogens (tertiary/aromatic N) is 1. The van der Waals surface area contributed by atoms with Crippen LogP contribution in [-0.2, 0) is 19.4 Å². The highest BCUT2D eigenvalue weighted by Gasteiger charge is 2.40. The third kappa shape index (κ3) is 8.20. The normalized spacial score (nSPS) is 21.2. The smallest absolute Gasteiger partial charge is 0.353 e. The van der Waals surface area contributed by atoms with E-state index in [0.29, 0.717) is 27.1 Å². The lowest BCUT2D eigenvalue weighted by molar-refractivity contribution is 0.0739. The molecule has 1 aromatic heterocycles. The zero-order valence-corrected chi connectivity index (χ0v) is 24.8. The third-order valence-corrected chi connectivity index (χ3v) is 9.18. The van der Waals surface area contributed by atoms with Gasteiger partial charge >= 0.3 is 5.97 Å². The zero-order chi connectivity index (χ0) is 27.2. The molecule has 1 heterocycles. The van der Waals surface area contributed by atoms with E-state index < -0.39 is 6.10 Å². The molecule has 4 nitrogen and oxygen atoms in total. The Kier molecular flexibility index (Phi) is 10.6. The van der Waals surface area contributed by atoms with Crippen molar-refractivity contribution in [3.63, 3.8) is 0 Å². The van der Waals surface area contributed by atoms with Gasteiger partial charge in [0.05, 0.1) is 6.10 Å². The minimum absolute atomic E-state index is 0.0315. The number of carbonyl (C=O) groups is 1. The molecule has 4 rings (SSSR count). The van der Waals surface area contributed by atoms with Crippen LogP contribution in [0.4, 0.5) is 0 Å². The highest BCUT2D eigenvalue weighted by atomic mass is 35.5. The SMILES string of the molecule is CN(C)Cc1ccc(OC(=O)c2ccc(CCC[C@@H]3[C@@H](CCc4cc(Cl)cc(Cl)c4)[C@H](O)C[C@H]3Cl)s2)cc1. The molecule has 1 fully saturated rings. The molecule has 0 amide bonds. The molecule has 1 aliphatic rings. The van der Waals surface area contributed by atoms with Crippen LogP contribution in [0.25, 0.3) is 0 Å². The summed E-state index contributed by atoms with van der Waals surface area (Å²) in [5.74, 6) is 0.614. The molecule has 38 heavy (non-hydrogen) atoms. The fraction of sp³-hybridized carbons (Fsp3) is 0.433. The number of benzene rings is 2. The van der Waals surface area contributed by atoms with Crippen molar-refractivity contribution in [3.05, 3.63) is 85.5 Å². The van der Waals surface area contributed by atoms with Crippen molar-refractivity contribution in [1.82, 2.24) is 4.90 Å². The van der Waals surface area contributed by atoms with E-state index in [2.05, 4.69) is 4.90 Å². The molecule has 1 N–H and O–H groups in total. The van der Waals surface area contributed by atoms with Gasteiger partial charge in [0.25, 0.3) is 0 Å². The summed E-state index contributed by atoms with van der Waals surface area (Å²) in [4.78, 5) is 16.5. The number of thiophene rings is 1. The van der Waals surface area contributed by atoms with Crippen LogP contribution in [0.5, 0.6) is 5.75 Å². The van der Waals surface area contributed by atoms with Crippen molar-refractivity contribution in [2.24, 2.45) is 11.8 Å². The molecule has 0 spiro atoms. The lowest BCUT2D eigenvalue weighted by Crippen LogP contribution is -2.21. The van der Waals surface area contributed by atoms with Crippen LogP contribution >= 0.6 is 46.1 Å². The third-order valence-electron chi connectivity index (χ3n) is 7.12. The number of ether oxygens (including phenoxy) is 1. The molecule has 204 valence electrons. The molecule has 0 radical (unpaired) electrons. The lowest BCUT2D eigenvalue weighted by atomic mass is 9.85. The molecule has 3 aromatic rings. The summed E-state index contributed by atoms with van der Waals surface area (Å²) in [6.45, 7) is 0.838. The molecule has 1 saturated carbocycles. The molecular weight excluding hydrogens is 561 g/mol. The number of aryl methyl sites for hydroxylation is 2. The minimum atomic E-state index is -0.391. The number of carbonyl (C=O) groups excluding carboxylic acids is 1. The standard InChI is InChI=1S/C30H34Cl3NO3S/c1-34(2)18-19-6-9-23(10-7-19)37-30(36)29-13-11-24(38-29)4-3-5-25-26(28(35)17-27(25)33)12-8-20-14-21(31)16-22(32)15-20/h6-7,9-11,13-16,25-28,35H,3-5,8,12,17-18H2,1-2H3/t25-,26-,27-,28-/m1/s1. The lowest BCUT2D eigenvalue weighted by Gasteiger charge is -2.23. The van der Waals surface area contributed by atoms with Gasteiger partial charge in [-0.15, -0.1) is 22.9 Å². The maximum Gasteiger partial charge on any atom is 0.353 e. The van der Waals surface area contributed by atoms with E-state index in [1.165, 1.54) is 16.9 Å². The molecule has 0 saturated heterocycles. The average Bonchev–Trinajstić information content (AvgIpc) is 3.42. The Bertz CT molecular complexity index is 1190. The van der Waals surface area contributed by atoms with Crippen LogP contribution in [0.3, 0.4) is 0 Å². The van der Waals surface area contributed by atoms with Crippen LogP contribution in [0.15, 0.2) is 54.6 Å². The summed E-state index contributed by atoms with van der Waals surface area (Å²) in [7, 11) is 4.04. The van der Waals surface area contributed by atoms with Crippen LogP contribution < -0.4 is 4.74 Å². The first kappa shape index (κ1) is 29.4. The van der Waals surface area contributed by atoms with Crippen molar-refractivity contribution in [2.75, 3.05) is 14.1 Å². The highest BCUT2D eigenvalue weighted by Crippen LogP contribution is 2.42. The van der Waals surface area contributed by atoms with Gasteiger partial charge < -0.3 is 14.7 Å². The zero-order valence-electron chi connectivity index (χ0n) is 21.7. The van der Waals surface area contributed by atoms with Crippen molar-refractivity contribution in [3.8, 4) is 5.75 Å². The molecule has 4 atom stereocenters. The predicted molar refractivity (Wildman–Crippen MR) is 158 cm³/mol. The Hall–Kier alpha value is -1.60. The van der Waals surface area contributed by atoms with Crippen LogP contribution in [0.1, 0.15) is 51.4 Å². The van der Waals surface area contributed by atoms with E-state index >= 15 is 0 Å². The van der Waals surface area contributed by atoms with Gasteiger partial charge in [-0.1, -0.05) is 35.3 Å². The highest BCUT2D eigenvalue weighted by molar-refractivity contribution is 7.13. The van der Waals surface area contributed by atoms with Crippen molar-refractivity contribution >= 4 is 52.1 Å². The Morgan fingerprint density at radius 3 is 2.37 bits per heavy atom. The first-order valence-electron chi connectivity index (χ1n) is 13.0. The maximum absolute atomic E-state index is 12.6. The number of hydrogen-bond acceptors (Lipinski definition) is 5. The predicted octanol–water partition coefficient (Wildman–Crippen LogP) is 7.90. The molecule has 8 heteroatoms. The van der Waals surface area contributed by atoms with Gasteiger partial charge in [0.15, 0.2) is 0 Å².